The number of para-hydroxylation sites is 4. The topological polar surface area (TPSA) is 42.8 Å². The molecule has 7 heteroatoms. The first kappa shape index (κ1) is 53.0. The van der Waals surface area contributed by atoms with E-state index in [4.69, 9.17) is 14.5 Å². The van der Waals surface area contributed by atoms with Crippen molar-refractivity contribution in [1.29, 1.82) is 0 Å². The van der Waals surface area contributed by atoms with Gasteiger partial charge in [-0.3, -0.25) is 0 Å². The average Bonchev–Trinajstić information content (AvgIpc) is 4.00. The van der Waals surface area contributed by atoms with E-state index in [-0.39, 0.29) is 42.7 Å². The molecule has 0 unspecified atom stereocenters. The number of fused-ring (bicyclic) bond motifs is 4. The van der Waals surface area contributed by atoms with Crippen molar-refractivity contribution in [1.82, 2.24) is 9.55 Å². The van der Waals surface area contributed by atoms with Crippen LogP contribution in [-0.2, 0) is 42.7 Å². The van der Waals surface area contributed by atoms with Gasteiger partial charge in [0.05, 0.1) is 0 Å². The molecule has 0 saturated carbocycles. The fourth-order valence-electron chi connectivity index (χ4n) is 10.2. The summed E-state index contributed by atoms with van der Waals surface area (Å²) in [4.78, 5) is 9.49. The number of hydrogen-bond acceptors (Lipinski definition) is 5. The van der Waals surface area contributed by atoms with Crippen molar-refractivity contribution in [3.63, 3.8) is 0 Å². The fraction of sp³-hybridized carbons (Fsp3) is 0.229. The molecule has 1 aliphatic heterocycles. The number of anilines is 4. The molecule has 0 N–H and O–H groups in total. The Kier molecular flexibility index (Phi) is 13.9. The number of hydrogen-bond donors (Lipinski definition) is 0. The zero-order valence-electron chi connectivity index (χ0n) is 46.3. The second-order valence-electron chi connectivity index (χ2n) is 24.3. The van der Waals surface area contributed by atoms with Crippen LogP contribution in [0.15, 0.2) is 182 Å². The van der Waals surface area contributed by atoms with E-state index in [0.29, 0.717) is 23.1 Å². The van der Waals surface area contributed by atoms with E-state index in [0.717, 1.165) is 72.6 Å². The summed E-state index contributed by atoms with van der Waals surface area (Å²) in [6, 6.07) is 69.6. The maximum atomic E-state index is 7.15. The fourth-order valence-corrected chi connectivity index (χ4v) is 10.2. The van der Waals surface area contributed by atoms with Crippen LogP contribution in [0.3, 0.4) is 0 Å². The van der Waals surface area contributed by atoms with Crippen LogP contribution in [0.2, 0.25) is 0 Å². The number of nitrogens with zero attached hydrogens (tertiary/aromatic N) is 4. The monoisotopic (exact) mass is 1190 g/mol. The Bertz CT molecular complexity index is 3680. The van der Waals surface area contributed by atoms with Crippen molar-refractivity contribution >= 4 is 44.6 Å². The first-order chi connectivity index (χ1) is 36.2. The normalized spacial score (nSPS) is 13.0. The number of aromatic nitrogens is 2. The van der Waals surface area contributed by atoms with Gasteiger partial charge in [0.1, 0.15) is 17.3 Å². The minimum atomic E-state index is -0.0185. The Morgan fingerprint density at radius 3 is 1.60 bits per heavy atom. The van der Waals surface area contributed by atoms with E-state index in [1.54, 1.807) is 0 Å². The van der Waals surface area contributed by atoms with Crippen LogP contribution < -0.4 is 19.3 Å². The van der Waals surface area contributed by atoms with E-state index in [2.05, 4.69) is 262 Å². The molecule has 0 spiro atoms. The number of pyridine rings is 1. The summed E-state index contributed by atoms with van der Waals surface area (Å²) >= 11 is 0. The molecule has 3 heterocycles. The Morgan fingerprint density at radius 1 is 0.455 bits per heavy atom. The molecule has 77 heavy (non-hydrogen) atoms. The van der Waals surface area contributed by atoms with Crippen LogP contribution in [0.25, 0.3) is 49.9 Å². The standard InChI is InChI=1S/C70H67N4O2.Pt/c1-67(2,3)48-31-27-46(28-32-48)57-22-18-23-58(47-29-33-49(34-30-47)68(4,5)6)66(57)76-56-37-38-71-65(44-56)74-61-24-14-13-21-59(61)60-36-35-55(43-64(60)74)75-54-20-17-19-52(42-54)72-45-73(63-26-16-15-25-62(63)72)53-40-50(69(7,8)9)39-51(41-53)70(10,11)12;/h13-41,44-45H,1-12H3;/q-3;. The Morgan fingerprint density at radius 2 is 1.00 bits per heavy atom. The molecule has 10 aromatic rings. The molecule has 11 rings (SSSR count). The molecule has 8 aromatic carbocycles. The van der Waals surface area contributed by atoms with Gasteiger partial charge >= 0.3 is 0 Å². The van der Waals surface area contributed by atoms with Gasteiger partial charge in [-0.1, -0.05) is 192 Å². The van der Waals surface area contributed by atoms with Gasteiger partial charge in [0.2, 0.25) is 0 Å². The summed E-state index contributed by atoms with van der Waals surface area (Å²) in [7, 11) is 0. The van der Waals surface area contributed by atoms with Crippen LogP contribution in [0.5, 0.6) is 23.0 Å². The zero-order chi connectivity index (χ0) is 53.3. The predicted molar refractivity (Wildman–Crippen MR) is 316 cm³/mol. The molecule has 0 amide bonds. The molecular weight excluding hydrogens is 1120 g/mol. The van der Waals surface area contributed by atoms with Crippen molar-refractivity contribution < 1.29 is 30.5 Å². The summed E-state index contributed by atoms with van der Waals surface area (Å²) in [5, 5.41) is 2.12. The largest absolute Gasteiger partial charge is 0.509 e. The molecule has 2 aromatic heterocycles. The second-order valence-corrected chi connectivity index (χ2v) is 24.3. The number of benzene rings is 8. The summed E-state index contributed by atoms with van der Waals surface area (Å²) < 4.78 is 16.0. The zero-order valence-corrected chi connectivity index (χ0v) is 48.6. The predicted octanol–water partition coefficient (Wildman–Crippen LogP) is 19.3. The van der Waals surface area contributed by atoms with Crippen molar-refractivity contribution in [2.24, 2.45) is 0 Å². The minimum absolute atomic E-state index is 0. The summed E-state index contributed by atoms with van der Waals surface area (Å²) in [6.07, 6.45) is 1.82. The van der Waals surface area contributed by atoms with Gasteiger partial charge in [0.25, 0.3) is 0 Å². The third-order valence-electron chi connectivity index (χ3n) is 14.7. The smallest absolute Gasteiger partial charge is 0.143 e. The summed E-state index contributed by atoms with van der Waals surface area (Å²) in [5.41, 5.74) is 15.4. The van der Waals surface area contributed by atoms with Gasteiger partial charge in [-0.05, 0) is 96.8 Å². The molecule has 0 bridgehead atoms. The molecule has 0 fully saturated rings. The molecule has 0 atom stereocenters. The van der Waals surface area contributed by atoms with Gasteiger partial charge in [0, 0.05) is 78.5 Å². The van der Waals surface area contributed by atoms with Crippen molar-refractivity contribution in [3.05, 3.63) is 223 Å². The summed E-state index contributed by atoms with van der Waals surface area (Å²) in [5.74, 6) is 3.28. The Hall–Kier alpha value is -7.40. The van der Waals surface area contributed by atoms with E-state index >= 15 is 0 Å². The third-order valence-corrected chi connectivity index (χ3v) is 14.7. The third kappa shape index (κ3) is 10.6. The molecule has 0 aliphatic carbocycles. The van der Waals surface area contributed by atoms with Crippen molar-refractivity contribution in [3.8, 4) is 51.1 Å². The van der Waals surface area contributed by atoms with Crippen molar-refractivity contribution in [2.45, 2.75) is 105 Å². The van der Waals surface area contributed by atoms with Gasteiger partial charge in [-0.2, -0.15) is 12.1 Å². The quantitative estimate of drug-likeness (QED) is 0.135. The molecule has 1 aliphatic rings. The van der Waals surface area contributed by atoms with Gasteiger partial charge < -0.3 is 23.8 Å². The maximum absolute atomic E-state index is 7.15. The minimum Gasteiger partial charge on any atom is -0.509 e. The van der Waals surface area contributed by atoms with Crippen molar-refractivity contribution in [2.75, 3.05) is 9.80 Å². The Labute approximate surface area is 470 Å². The van der Waals surface area contributed by atoms with Gasteiger partial charge in [0.15, 0.2) is 0 Å². The molecular formula is C70H67N4O2Pt-3. The molecule has 0 radical (unpaired) electrons. The average molecular weight is 1190 g/mol. The molecule has 392 valence electrons. The van der Waals surface area contributed by atoms with Crippen LogP contribution in [0.4, 0.5) is 22.7 Å². The molecule has 0 saturated heterocycles. The Balaban J connectivity index is 0.00000672. The van der Waals surface area contributed by atoms with Crippen LogP contribution in [0, 0.1) is 18.8 Å². The van der Waals surface area contributed by atoms with E-state index in [1.807, 2.05) is 36.5 Å². The first-order valence-corrected chi connectivity index (χ1v) is 26.5. The first-order valence-electron chi connectivity index (χ1n) is 26.5. The number of rotatable bonds is 9. The van der Waals surface area contributed by atoms with Gasteiger partial charge in [-0.15, -0.1) is 48.1 Å². The number of ether oxygens (including phenoxy) is 2. The van der Waals surface area contributed by atoms with Crippen LogP contribution >= 0.6 is 0 Å². The van der Waals surface area contributed by atoms with Crippen LogP contribution in [-0.4, -0.2) is 9.55 Å². The van der Waals surface area contributed by atoms with Crippen LogP contribution in [0.1, 0.15) is 105 Å². The maximum Gasteiger partial charge on any atom is 0.143 e. The molecule has 6 nitrogen and oxygen atoms in total. The summed E-state index contributed by atoms with van der Waals surface area (Å²) in [6.45, 7) is 29.3. The van der Waals surface area contributed by atoms with E-state index in [9.17, 15) is 0 Å². The van der Waals surface area contributed by atoms with Gasteiger partial charge in [-0.25, -0.2) is 4.98 Å². The second kappa shape index (κ2) is 20.2. The SMILES string of the molecule is CC(C)(C)c1ccc(-c2cccc(-c3ccc(C(C)(C)C)cc3)c2Oc2ccnc(-n3c4[c-]c(Oc5[c-]c(N6[CH-]N(c7cc(C(C)(C)C)cc(C(C)(C)C)c7)c7ccccc76)ccc5)ccc4c4ccccc43)c2)cc1.[Pt]. The van der Waals surface area contributed by atoms with E-state index < -0.39 is 0 Å². The van der Waals surface area contributed by atoms with E-state index in [1.165, 1.54) is 22.3 Å².